The van der Waals surface area contributed by atoms with Crippen molar-refractivity contribution in [1.29, 1.82) is 0 Å². The molecule has 2 amide bonds. The lowest BCUT2D eigenvalue weighted by Crippen LogP contribution is -2.49. The van der Waals surface area contributed by atoms with Crippen molar-refractivity contribution < 1.29 is 19.1 Å². The summed E-state index contributed by atoms with van der Waals surface area (Å²) in [6, 6.07) is 15.0. The number of aryl methyl sites for hydroxylation is 1. The fourth-order valence-electron chi connectivity index (χ4n) is 4.55. The number of carbonyl (C=O) groups is 2. The lowest BCUT2D eigenvalue weighted by Gasteiger charge is -2.42. The molecule has 2 saturated heterocycles. The third-order valence-corrected chi connectivity index (χ3v) is 6.99. The van der Waals surface area contributed by atoms with Gasteiger partial charge in [0.05, 0.1) is 19.8 Å². The van der Waals surface area contributed by atoms with Crippen LogP contribution in [0.25, 0.3) is 0 Å². The van der Waals surface area contributed by atoms with Gasteiger partial charge in [-0.25, -0.2) is 0 Å². The standard InChI is InChI=1S/C26H31ClN2O4/c1-20-4-2-3-5-23(20)25(31)29-12-10-26(11-13-29,18-24(30)28-14-16-32-17-15-28)19-33-22-8-6-21(27)7-9-22/h2-9H,10-19H2,1H3. The fourth-order valence-corrected chi connectivity index (χ4v) is 4.68. The molecule has 0 radical (unpaired) electrons. The van der Waals surface area contributed by atoms with E-state index in [1.807, 2.05) is 53.1 Å². The Kier molecular flexibility index (Phi) is 7.56. The number of nitrogens with zero attached hydrogens (tertiary/aromatic N) is 2. The summed E-state index contributed by atoms with van der Waals surface area (Å²) in [5.74, 6) is 0.924. The molecule has 0 unspecified atom stereocenters. The third-order valence-electron chi connectivity index (χ3n) is 6.74. The predicted octanol–water partition coefficient (Wildman–Crippen LogP) is 4.20. The number of hydrogen-bond donors (Lipinski definition) is 0. The predicted molar refractivity (Wildman–Crippen MR) is 128 cm³/mol. The van der Waals surface area contributed by atoms with E-state index >= 15 is 0 Å². The van der Waals surface area contributed by atoms with Crippen molar-refractivity contribution in [2.45, 2.75) is 26.2 Å². The number of hydrogen-bond acceptors (Lipinski definition) is 4. The normalized spacial score (nSPS) is 18.1. The first-order valence-electron chi connectivity index (χ1n) is 11.5. The van der Waals surface area contributed by atoms with Gasteiger partial charge in [-0.2, -0.15) is 0 Å². The number of ether oxygens (including phenoxy) is 2. The second kappa shape index (κ2) is 10.6. The summed E-state index contributed by atoms with van der Waals surface area (Å²) in [4.78, 5) is 30.0. The molecule has 176 valence electrons. The van der Waals surface area contributed by atoms with Crippen LogP contribution < -0.4 is 4.74 Å². The van der Waals surface area contributed by atoms with Crippen LogP contribution in [0.1, 0.15) is 35.2 Å². The molecule has 0 aliphatic carbocycles. The van der Waals surface area contributed by atoms with Crippen molar-refractivity contribution >= 4 is 23.4 Å². The van der Waals surface area contributed by atoms with Crippen molar-refractivity contribution in [3.8, 4) is 5.75 Å². The largest absolute Gasteiger partial charge is 0.493 e. The average molecular weight is 471 g/mol. The highest BCUT2D eigenvalue weighted by atomic mass is 35.5. The number of rotatable bonds is 6. The van der Waals surface area contributed by atoms with Crippen LogP contribution >= 0.6 is 11.6 Å². The minimum Gasteiger partial charge on any atom is -0.493 e. The summed E-state index contributed by atoms with van der Waals surface area (Å²) < 4.78 is 11.5. The molecule has 2 fully saturated rings. The van der Waals surface area contributed by atoms with Gasteiger partial charge in [-0.05, 0) is 55.7 Å². The van der Waals surface area contributed by atoms with Gasteiger partial charge < -0.3 is 19.3 Å². The zero-order valence-electron chi connectivity index (χ0n) is 19.1. The van der Waals surface area contributed by atoms with Crippen LogP contribution in [0.3, 0.4) is 0 Å². The second-order valence-electron chi connectivity index (χ2n) is 9.02. The molecular weight excluding hydrogens is 440 g/mol. The Balaban J connectivity index is 1.45. The molecule has 2 aromatic rings. The topological polar surface area (TPSA) is 59.1 Å². The second-order valence-corrected chi connectivity index (χ2v) is 9.46. The first-order valence-corrected chi connectivity index (χ1v) is 11.9. The Morgan fingerprint density at radius 2 is 1.64 bits per heavy atom. The van der Waals surface area contributed by atoms with E-state index in [1.54, 1.807) is 12.1 Å². The molecule has 2 aromatic carbocycles. The van der Waals surface area contributed by atoms with Gasteiger partial charge in [0.15, 0.2) is 0 Å². The van der Waals surface area contributed by atoms with Crippen LogP contribution in [0, 0.1) is 12.3 Å². The maximum Gasteiger partial charge on any atom is 0.254 e. The van der Waals surface area contributed by atoms with Crippen LogP contribution in [0.5, 0.6) is 5.75 Å². The van der Waals surface area contributed by atoms with E-state index in [-0.39, 0.29) is 17.2 Å². The summed E-state index contributed by atoms with van der Waals surface area (Å²) in [6.45, 7) is 6.02. The smallest absolute Gasteiger partial charge is 0.254 e. The van der Waals surface area contributed by atoms with Gasteiger partial charge in [-0.1, -0.05) is 29.8 Å². The minimum atomic E-state index is -0.322. The Labute approximate surface area is 200 Å². The third kappa shape index (κ3) is 5.87. The van der Waals surface area contributed by atoms with Crippen molar-refractivity contribution in [3.63, 3.8) is 0 Å². The molecule has 7 heteroatoms. The zero-order chi connectivity index (χ0) is 23.3. The van der Waals surface area contributed by atoms with E-state index in [4.69, 9.17) is 21.1 Å². The number of likely N-dealkylation sites (tertiary alicyclic amines) is 1. The van der Waals surface area contributed by atoms with Gasteiger partial charge in [0.2, 0.25) is 5.91 Å². The number of halogens is 1. The van der Waals surface area contributed by atoms with Crippen LogP contribution in [0.4, 0.5) is 0 Å². The van der Waals surface area contributed by atoms with E-state index in [9.17, 15) is 9.59 Å². The molecule has 2 heterocycles. The number of amides is 2. The molecule has 0 spiro atoms. The zero-order valence-corrected chi connectivity index (χ0v) is 19.9. The van der Waals surface area contributed by atoms with Gasteiger partial charge in [0, 0.05) is 48.6 Å². The summed E-state index contributed by atoms with van der Waals surface area (Å²) in [7, 11) is 0. The van der Waals surface area contributed by atoms with Crippen LogP contribution in [0.15, 0.2) is 48.5 Å². The SMILES string of the molecule is Cc1ccccc1C(=O)N1CCC(COc2ccc(Cl)cc2)(CC(=O)N2CCOCC2)CC1. The van der Waals surface area contributed by atoms with Gasteiger partial charge in [-0.3, -0.25) is 9.59 Å². The number of carbonyl (C=O) groups excluding carboxylic acids is 2. The summed E-state index contributed by atoms with van der Waals surface area (Å²) in [6.07, 6.45) is 1.84. The maximum atomic E-state index is 13.1. The van der Waals surface area contributed by atoms with Crippen molar-refractivity contribution in [2.75, 3.05) is 46.0 Å². The molecule has 0 aromatic heterocycles. The van der Waals surface area contributed by atoms with E-state index in [0.29, 0.717) is 70.3 Å². The van der Waals surface area contributed by atoms with Crippen molar-refractivity contribution in [1.82, 2.24) is 9.80 Å². The highest BCUT2D eigenvalue weighted by Crippen LogP contribution is 2.37. The monoisotopic (exact) mass is 470 g/mol. The molecule has 33 heavy (non-hydrogen) atoms. The average Bonchev–Trinajstić information content (AvgIpc) is 2.85. The quantitative estimate of drug-likeness (QED) is 0.635. The Hall–Kier alpha value is -2.57. The molecule has 0 saturated carbocycles. The lowest BCUT2D eigenvalue weighted by molar-refractivity contribution is -0.139. The highest BCUT2D eigenvalue weighted by molar-refractivity contribution is 6.30. The van der Waals surface area contributed by atoms with Crippen LogP contribution in [0.2, 0.25) is 5.02 Å². The molecule has 0 bridgehead atoms. The van der Waals surface area contributed by atoms with Crippen molar-refractivity contribution in [2.24, 2.45) is 5.41 Å². The summed E-state index contributed by atoms with van der Waals surface area (Å²) >= 11 is 6.00. The molecule has 0 atom stereocenters. The van der Waals surface area contributed by atoms with Crippen molar-refractivity contribution in [3.05, 3.63) is 64.7 Å². The minimum absolute atomic E-state index is 0.0554. The van der Waals surface area contributed by atoms with Crippen LogP contribution in [-0.2, 0) is 9.53 Å². The van der Waals surface area contributed by atoms with Crippen LogP contribution in [-0.4, -0.2) is 67.6 Å². The van der Waals surface area contributed by atoms with Gasteiger partial charge in [-0.15, -0.1) is 0 Å². The Bertz CT molecular complexity index is 965. The van der Waals surface area contributed by atoms with Gasteiger partial charge in [0.25, 0.3) is 5.91 Å². The van der Waals surface area contributed by atoms with E-state index < -0.39 is 0 Å². The summed E-state index contributed by atoms with van der Waals surface area (Å²) in [5, 5.41) is 0.655. The molecule has 2 aliphatic heterocycles. The number of piperidine rings is 1. The molecular formula is C26H31ClN2O4. The summed E-state index contributed by atoms with van der Waals surface area (Å²) in [5.41, 5.74) is 1.40. The molecule has 6 nitrogen and oxygen atoms in total. The first-order chi connectivity index (χ1) is 16.0. The van der Waals surface area contributed by atoms with E-state index in [0.717, 1.165) is 16.9 Å². The molecule has 0 N–H and O–H groups in total. The number of morpholine rings is 1. The Morgan fingerprint density at radius 3 is 2.30 bits per heavy atom. The Morgan fingerprint density at radius 1 is 0.970 bits per heavy atom. The lowest BCUT2D eigenvalue weighted by atomic mass is 9.75. The fraction of sp³-hybridized carbons (Fsp3) is 0.462. The highest BCUT2D eigenvalue weighted by Gasteiger charge is 2.40. The van der Waals surface area contributed by atoms with Gasteiger partial charge in [0.1, 0.15) is 5.75 Å². The number of benzene rings is 2. The maximum absolute atomic E-state index is 13.1. The van der Waals surface area contributed by atoms with E-state index in [1.165, 1.54) is 0 Å². The van der Waals surface area contributed by atoms with E-state index in [2.05, 4.69) is 0 Å². The first kappa shape index (κ1) is 23.6. The molecule has 2 aliphatic rings. The molecule has 4 rings (SSSR count). The van der Waals surface area contributed by atoms with Gasteiger partial charge >= 0.3 is 0 Å².